The molecule has 1 aliphatic rings. The Morgan fingerprint density at radius 3 is 2.35 bits per heavy atom. The summed E-state index contributed by atoms with van der Waals surface area (Å²) in [6, 6.07) is 12.4. The number of rotatable bonds is 7. The monoisotopic (exact) mass is 478 g/mol. The van der Waals surface area contributed by atoms with Gasteiger partial charge in [-0.05, 0) is 49.1 Å². The third-order valence-corrected chi connectivity index (χ3v) is 7.49. The zero-order chi connectivity index (χ0) is 22.5. The second kappa shape index (κ2) is 10.8. The molecule has 0 radical (unpaired) electrons. The Morgan fingerprint density at radius 2 is 1.74 bits per heavy atom. The topological polar surface area (TPSA) is 40.6 Å². The molecule has 1 aliphatic heterocycles. The lowest BCUT2D eigenvalue weighted by Gasteiger charge is -2.33. The number of benzene rings is 2. The SMILES string of the molecule is CCCN(CCC)C(=O)C1CSC(c2ccc(Cl)c(Cl)c2)N1C(=O)c1ccccc1C. The minimum absolute atomic E-state index is 0.0145. The number of hydrogen-bond acceptors (Lipinski definition) is 3. The molecule has 2 aromatic rings. The van der Waals surface area contributed by atoms with E-state index in [0.29, 0.717) is 34.5 Å². The number of nitrogens with zero attached hydrogens (tertiary/aromatic N) is 2. The van der Waals surface area contributed by atoms with Gasteiger partial charge in [0, 0.05) is 24.4 Å². The van der Waals surface area contributed by atoms with Crippen LogP contribution in [0.4, 0.5) is 0 Å². The Balaban J connectivity index is 2.02. The van der Waals surface area contributed by atoms with Crippen LogP contribution in [-0.2, 0) is 4.79 Å². The average Bonchev–Trinajstić information content (AvgIpc) is 3.20. The molecular weight excluding hydrogens is 451 g/mol. The van der Waals surface area contributed by atoms with Gasteiger partial charge in [0.15, 0.2) is 0 Å². The molecule has 1 fully saturated rings. The Labute approximate surface area is 198 Å². The number of thioether (sulfide) groups is 1. The fourth-order valence-corrected chi connectivity index (χ4v) is 5.62. The van der Waals surface area contributed by atoms with Gasteiger partial charge >= 0.3 is 0 Å². The van der Waals surface area contributed by atoms with E-state index in [1.807, 2.05) is 42.2 Å². The van der Waals surface area contributed by atoms with Gasteiger partial charge in [0.25, 0.3) is 5.91 Å². The first-order chi connectivity index (χ1) is 14.9. The van der Waals surface area contributed by atoms with Crippen LogP contribution in [0.2, 0.25) is 10.0 Å². The first kappa shape index (κ1) is 24.0. The maximum Gasteiger partial charge on any atom is 0.256 e. The second-order valence-corrected chi connectivity index (χ2v) is 9.66. The van der Waals surface area contributed by atoms with E-state index in [2.05, 4.69) is 13.8 Å². The van der Waals surface area contributed by atoms with Crippen molar-refractivity contribution in [1.82, 2.24) is 9.80 Å². The Morgan fingerprint density at radius 1 is 1.06 bits per heavy atom. The highest BCUT2D eigenvalue weighted by Gasteiger charge is 2.44. The van der Waals surface area contributed by atoms with Crippen molar-refractivity contribution in [1.29, 1.82) is 0 Å². The predicted octanol–water partition coefficient (Wildman–Crippen LogP) is 6.21. The molecule has 0 aliphatic carbocycles. The van der Waals surface area contributed by atoms with Crippen molar-refractivity contribution in [3.8, 4) is 0 Å². The highest BCUT2D eigenvalue weighted by molar-refractivity contribution is 7.99. The number of aryl methyl sites for hydroxylation is 1. The molecule has 166 valence electrons. The lowest BCUT2D eigenvalue weighted by molar-refractivity contribution is -0.135. The number of carbonyl (C=O) groups is 2. The zero-order valence-electron chi connectivity index (χ0n) is 18.1. The van der Waals surface area contributed by atoms with Crippen LogP contribution in [0.3, 0.4) is 0 Å². The average molecular weight is 479 g/mol. The van der Waals surface area contributed by atoms with Crippen LogP contribution in [0.15, 0.2) is 42.5 Å². The van der Waals surface area contributed by atoms with Gasteiger partial charge in [-0.3, -0.25) is 9.59 Å². The summed E-state index contributed by atoms with van der Waals surface area (Å²) in [5.74, 6) is 0.428. The molecule has 0 aromatic heterocycles. The number of amides is 2. The minimum Gasteiger partial charge on any atom is -0.341 e. The van der Waals surface area contributed by atoms with Crippen LogP contribution < -0.4 is 0 Å². The third kappa shape index (κ3) is 5.21. The van der Waals surface area contributed by atoms with Gasteiger partial charge in [-0.25, -0.2) is 0 Å². The van der Waals surface area contributed by atoms with Crippen LogP contribution in [0.25, 0.3) is 0 Å². The molecule has 0 N–H and O–H groups in total. The molecular formula is C24H28Cl2N2O2S. The predicted molar refractivity (Wildman–Crippen MR) is 130 cm³/mol. The van der Waals surface area contributed by atoms with E-state index in [9.17, 15) is 9.59 Å². The molecule has 2 atom stereocenters. The van der Waals surface area contributed by atoms with Crippen molar-refractivity contribution in [3.05, 3.63) is 69.2 Å². The van der Waals surface area contributed by atoms with Gasteiger partial charge in [-0.1, -0.05) is 61.3 Å². The van der Waals surface area contributed by atoms with Crippen molar-refractivity contribution in [3.63, 3.8) is 0 Å². The maximum atomic E-state index is 13.7. The van der Waals surface area contributed by atoms with Crippen LogP contribution in [0.5, 0.6) is 0 Å². The van der Waals surface area contributed by atoms with E-state index < -0.39 is 6.04 Å². The molecule has 0 saturated carbocycles. The Bertz CT molecular complexity index is 947. The van der Waals surface area contributed by atoms with Crippen molar-refractivity contribution >= 4 is 46.8 Å². The van der Waals surface area contributed by atoms with Crippen LogP contribution in [0, 0.1) is 6.92 Å². The molecule has 1 saturated heterocycles. The van der Waals surface area contributed by atoms with Crippen LogP contribution in [-0.4, -0.2) is 46.5 Å². The molecule has 7 heteroatoms. The summed E-state index contributed by atoms with van der Waals surface area (Å²) in [7, 11) is 0. The van der Waals surface area contributed by atoms with Gasteiger partial charge in [-0.2, -0.15) is 0 Å². The lowest BCUT2D eigenvalue weighted by Crippen LogP contribution is -2.50. The van der Waals surface area contributed by atoms with E-state index in [0.717, 1.165) is 24.0 Å². The van der Waals surface area contributed by atoms with Gasteiger partial charge in [0.05, 0.1) is 10.0 Å². The zero-order valence-corrected chi connectivity index (χ0v) is 20.4. The molecule has 31 heavy (non-hydrogen) atoms. The highest BCUT2D eigenvalue weighted by Crippen LogP contribution is 2.44. The largest absolute Gasteiger partial charge is 0.341 e. The Kier molecular flexibility index (Phi) is 8.31. The third-order valence-electron chi connectivity index (χ3n) is 5.42. The molecule has 3 rings (SSSR count). The quantitative estimate of drug-likeness (QED) is 0.474. The van der Waals surface area contributed by atoms with Crippen LogP contribution in [0.1, 0.15) is 53.5 Å². The van der Waals surface area contributed by atoms with E-state index in [4.69, 9.17) is 23.2 Å². The molecule has 1 heterocycles. The summed E-state index contributed by atoms with van der Waals surface area (Å²) in [4.78, 5) is 30.9. The smallest absolute Gasteiger partial charge is 0.256 e. The summed E-state index contributed by atoms with van der Waals surface area (Å²) in [6.07, 6.45) is 1.77. The standard InChI is InChI=1S/C24H28Cl2N2O2S/c1-4-12-27(13-5-2)23(30)21-15-31-24(17-10-11-19(25)20(26)14-17)28(21)22(29)18-9-7-6-8-16(18)3/h6-11,14,21,24H,4-5,12-13,15H2,1-3H3. The molecule has 2 aromatic carbocycles. The number of hydrogen-bond donors (Lipinski definition) is 0. The van der Waals surface area contributed by atoms with Gasteiger partial charge < -0.3 is 9.80 Å². The van der Waals surface area contributed by atoms with Crippen molar-refractivity contribution < 1.29 is 9.59 Å². The van der Waals surface area contributed by atoms with Gasteiger partial charge in [0.2, 0.25) is 5.91 Å². The molecule has 2 unspecified atom stereocenters. The van der Waals surface area contributed by atoms with E-state index in [-0.39, 0.29) is 17.2 Å². The maximum absolute atomic E-state index is 13.7. The molecule has 4 nitrogen and oxygen atoms in total. The van der Waals surface area contributed by atoms with Crippen molar-refractivity contribution in [2.75, 3.05) is 18.8 Å². The number of halogens is 2. The molecule has 0 bridgehead atoms. The number of carbonyl (C=O) groups excluding carboxylic acids is 2. The first-order valence-electron chi connectivity index (χ1n) is 10.6. The highest BCUT2D eigenvalue weighted by atomic mass is 35.5. The molecule has 2 amide bonds. The van der Waals surface area contributed by atoms with E-state index >= 15 is 0 Å². The fraction of sp³-hybridized carbons (Fsp3) is 0.417. The lowest BCUT2D eigenvalue weighted by atomic mass is 10.1. The summed E-state index contributed by atoms with van der Waals surface area (Å²) >= 11 is 14.0. The fourth-order valence-electron chi connectivity index (χ4n) is 3.90. The minimum atomic E-state index is -0.519. The van der Waals surface area contributed by atoms with E-state index in [1.54, 1.807) is 28.8 Å². The van der Waals surface area contributed by atoms with Gasteiger partial charge in [-0.15, -0.1) is 11.8 Å². The summed E-state index contributed by atoms with van der Waals surface area (Å²) in [6.45, 7) is 7.43. The Hall–Kier alpha value is -1.69. The first-order valence-corrected chi connectivity index (χ1v) is 12.4. The van der Waals surface area contributed by atoms with E-state index in [1.165, 1.54) is 0 Å². The summed E-state index contributed by atoms with van der Waals surface area (Å²) < 4.78 is 0. The van der Waals surface area contributed by atoms with Crippen LogP contribution >= 0.6 is 35.0 Å². The van der Waals surface area contributed by atoms with Crippen molar-refractivity contribution in [2.45, 2.75) is 45.0 Å². The summed E-state index contributed by atoms with van der Waals surface area (Å²) in [5.41, 5.74) is 2.38. The van der Waals surface area contributed by atoms with Crippen molar-refractivity contribution in [2.24, 2.45) is 0 Å². The molecule has 0 spiro atoms. The normalized spacial score (nSPS) is 18.3. The summed E-state index contributed by atoms with van der Waals surface area (Å²) in [5, 5.41) is 0.604. The van der Waals surface area contributed by atoms with Gasteiger partial charge in [0.1, 0.15) is 11.4 Å². The second-order valence-electron chi connectivity index (χ2n) is 7.73.